The minimum atomic E-state index is 0.201. The van der Waals surface area contributed by atoms with E-state index >= 15 is 0 Å². The molecule has 1 aromatic rings. The van der Waals surface area contributed by atoms with E-state index < -0.39 is 0 Å². The van der Waals surface area contributed by atoms with Crippen molar-refractivity contribution >= 4 is 5.91 Å². The molecule has 1 amide bonds. The third-order valence-corrected chi connectivity index (χ3v) is 3.02. The molecule has 17 heavy (non-hydrogen) atoms. The van der Waals surface area contributed by atoms with Crippen molar-refractivity contribution in [3.63, 3.8) is 0 Å². The van der Waals surface area contributed by atoms with Crippen molar-refractivity contribution in [1.29, 1.82) is 0 Å². The van der Waals surface area contributed by atoms with Crippen LogP contribution in [0.3, 0.4) is 0 Å². The van der Waals surface area contributed by atoms with E-state index in [0.717, 1.165) is 30.8 Å². The maximum Gasteiger partial charge on any atom is 0.223 e. The van der Waals surface area contributed by atoms with Crippen molar-refractivity contribution in [2.24, 2.45) is 5.73 Å². The van der Waals surface area contributed by atoms with E-state index in [9.17, 15) is 4.79 Å². The van der Waals surface area contributed by atoms with Gasteiger partial charge >= 0.3 is 0 Å². The van der Waals surface area contributed by atoms with Gasteiger partial charge in [0.1, 0.15) is 11.5 Å². The van der Waals surface area contributed by atoms with Gasteiger partial charge in [-0.15, -0.1) is 0 Å². The van der Waals surface area contributed by atoms with E-state index in [0.29, 0.717) is 25.6 Å². The van der Waals surface area contributed by atoms with E-state index in [4.69, 9.17) is 10.2 Å². The molecule has 94 valence electrons. The van der Waals surface area contributed by atoms with Gasteiger partial charge in [0.2, 0.25) is 5.91 Å². The molecular formula is C13H20N2O2. The van der Waals surface area contributed by atoms with Crippen molar-refractivity contribution in [2.75, 3.05) is 6.54 Å². The molecule has 4 nitrogen and oxygen atoms in total. The summed E-state index contributed by atoms with van der Waals surface area (Å²) in [6.45, 7) is 3.09. The average molecular weight is 236 g/mol. The predicted octanol–water partition coefficient (Wildman–Crippen LogP) is 1.82. The lowest BCUT2D eigenvalue weighted by atomic mass is 10.2. The highest BCUT2D eigenvalue weighted by Gasteiger charge is 2.32. The maximum atomic E-state index is 12.0. The third kappa shape index (κ3) is 3.33. The zero-order valence-corrected chi connectivity index (χ0v) is 10.3. The van der Waals surface area contributed by atoms with Gasteiger partial charge in [-0.3, -0.25) is 4.79 Å². The highest BCUT2D eigenvalue weighted by molar-refractivity contribution is 5.76. The standard InChI is InChI=1S/C13H20N2O2/c1-10-4-7-12(17-10)9-15(11-5-6-11)13(16)3-2-8-14/h4,7,11H,2-3,5-6,8-9,14H2,1H3. The topological polar surface area (TPSA) is 59.5 Å². The SMILES string of the molecule is Cc1ccc(CN(C(=O)CCCN)C2CC2)o1. The van der Waals surface area contributed by atoms with E-state index in [1.807, 2.05) is 24.0 Å². The molecule has 1 heterocycles. The van der Waals surface area contributed by atoms with Gasteiger partial charge in [0, 0.05) is 12.5 Å². The number of carbonyl (C=O) groups excluding carboxylic acids is 1. The first kappa shape index (κ1) is 12.2. The molecule has 4 heteroatoms. The number of carbonyl (C=O) groups is 1. The van der Waals surface area contributed by atoms with Crippen LogP contribution in [0, 0.1) is 6.92 Å². The fourth-order valence-corrected chi connectivity index (χ4v) is 1.94. The molecule has 1 aromatic heterocycles. The van der Waals surface area contributed by atoms with Crippen LogP contribution in [0.25, 0.3) is 0 Å². The Kier molecular flexibility index (Phi) is 3.84. The summed E-state index contributed by atoms with van der Waals surface area (Å²) in [6.07, 6.45) is 3.55. The summed E-state index contributed by atoms with van der Waals surface area (Å²) < 4.78 is 5.53. The highest BCUT2D eigenvalue weighted by atomic mass is 16.3. The van der Waals surface area contributed by atoms with Gasteiger partial charge in [-0.25, -0.2) is 0 Å². The number of nitrogens with two attached hydrogens (primary N) is 1. The first-order valence-corrected chi connectivity index (χ1v) is 6.25. The molecule has 0 spiro atoms. The molecule has 1 aliphatic rings. The van der Waals surface area contributed by atoms with Crippen molar-refractivity contribution in [1.82, 2.24) is 4.90 Å². The number of amides is 1. The fraction of sp³-hybridized carbons (Fsp3) is 0.615. The zero-order valence-electron chi connectivity index (χ0n) is 10.3. The van der Waals surface area contributed by atoms with Crippen LogP contribution in [0.4, 0.5) is 0 Å². The van der Waals surface area contributed by atoms with E-state index in [2.05, 4.69) is 0 Å². The number of hydrogen-bond donors (Lipinski definition) is 1. The summed E-state index contributed by atoms with van der Waals surface area (Å²) in [4.78, 5) is 14.0. The Hall–Kier alpha value is -1.29. The molecule has 2 N–H and O–H groups in total. The third-order valence-electron chi connectivity index (χ3n) is 3.02. The summed E-state index contributed by atoms with van der Waals surface area (Å²) in [5, 5.41) is 0. The second-order valence-electron chi connectivity index (χ2n) is 4.66. The summed E-state index contributed by atoms with van der Waals surface area (Å²) in [5.41, 5.74) is 5.44. The molecule has 0 unspecified atom stereocenters. The smallest absolute Gasteiger partial charge is 0.223 e. The fourth-order valence-electron chi connectivity index (χ4n) is 1.94. The van der Waals surface area contributed by atoms with Crippen LogP contribution in [0.2, 0.25) is 0 Å². The molecular weight excluding hydrogens is 216 g/mol. The predicted molar refractivity (Wildman–Crippen MR) is 65.3 cm³/mol. The Bertz CT molecular complexity index is 383. The maximum absolute atomic E-state index is 12.0. The van der Waals surface area contributed by atoms with Gasteiger partial charge in [0.15, 0.2) is 0 Å². The lowest BCUT2D eigenvalue weighted by Crippen LogP contribution is -2.32. The normalized spacial score (nSPS) is 14.9. The first-order chi connectivity index (χ1) is 8.20. The lowest BCUT2D eigenvalue weighted by molar-refractivity contribution is -0.132. The van der Waals surface area contributed by atoms with Gasteiger partial charge in [0.05, 0.1) is 6.54 Å². The van der Waals surface area contributed by atoms with Crippen molar-refractivity contribution < 1.29 is 9.21 Å². The number of furan rings is 1. The Balaban J connectivity index is 1.95. The van der Waals surface area contributed by atoms with E-state index in [1.165, 1.54) is 0 Å². The van der Waals surface area contributed by atoms with Gasteiger partial charge in [0.25, 0.3) is 0 Å². The molecule has 2 rings (SSSR count). The molecule has 0 aromatic carbocycles. The molecule has 0 atom stereocenters. The molecule has 0 aliphatic heterocycles. The Morgan fingerprint density at radius 3 is 2.82 bits per heavy atom. The Morgan fingerprint density at radius 1 is 1.53 bits per heavy atom. The largest absolute Gasteiger partial charge is 0.464 e. The van der Waals surface area contributed by atoms with Crippen molar-refractivity contribution in [3.8, 4) is 0 Å². The highest BCUT2D eigenvalue weighted by Crippen LogP contribution is 2.29. The zero-order chi connectivity index (χ0) is 12.3. The molecule has 1 fully saturated rings. The second-order valence-corrected chi connectivity index (χ2v) is 4.66. The van der Waals surface area contributed by atoms with Crippen molar-refractivity contribution in [3.05, 3.63) is 23.7 Å². The van der Waals surface area contributed by atoms with Gasteiger partial charge in [-0.05, 0) is 44.9 Å². The molecule has 1 aliphatic carbocycles. The quantitative estimate of drug-likeness (QED) is 0.819. The van der Waals surface area contributed by atoms with Crippen LogP contribution in [-0.2, 0) is 11.3 Å². The van der Waals surface area contributed by atoms with E-state index in [1.54, 1.807) is 0 Å². The summed E-state index contributed by atoms with van der Waals surface area (Å²) in [6, 6.07) is 4.30. The Labute approximate surface area is 102 Å². The number of hydrogen-bond acceptors (Lipinski definition) is 3. The monoisotopic (exact) mass is 236 g/mol. The molecule has 1 saturated carbocycles. The minimum absolute atomic E-state index is 0.201. The lowest BCUT2D eigenvalue weighted by Gasteiger charge is -2.21. The van der Waals surface area contributed by atoms with Crippen LogP contribution in [0.5, 0.6) is 0 Å². The summed E-state index contributed by atoms with van der Waals surface area (Å²) in [5.74, 6) is 1.97. The van der Waals surface area contributed by atoms with Crippen LogP contribution in [-0.4, -0.2) is 23.4 Å². The summed E-state index contributed by atoms with van der Waals surface area (Å²) >= 11 is 0. The average Bonchev–Trinajstić information content (AvgIpc) is 3.07. The van der Waals surface area contributed by atoms with Gasteiger partial charge < -0.3 is 15.1 Å². The minimum Gasteiger partial charge on any atom is -0.464 e. The molecule has 0 radical (unpaired) electrons. The van der Waals surface area contributed by atoms with Gasteiger partial charge in [-0.2, -0.15) is 0 Å². The Morgan fingerprint density at radius 2 is 2.29 bits per heavy atom. The van der Waals surface area contributed by atoms with Gasteiger partial charge in [-0.1, -0.05) is 0 Å². The number of nitrogens with zero attached hydrogens (tertiary/aromatic N) is 1. The number of aryl methyl sites for hydroxylation is 1. The van der Waals surface area contributed by atoms with Crippen LogP contribution >= 0.6 is 0 Å². The van der Waals surface area contributed by atoms with Crippen molar-refractivity contribution in [2.45, 2.75) is 45.2 Å². The van der Waals surface area contributed by atoms with Crippen LogP contribution < -0.4 is 5.73 Å². The molecule has 0 bridgehead atoms. The summed E-state index contributed by atoms with van der Waals surface area (Å²) in [7, 11) is 0. The second kappa shape index (κ2) is 5.36. The molecule has 0 saturated heterocycles. The van der Waals surface area contributed by atoms with E-state index in [-0.39, 0.29) is 5.91 Å². The number of rotatable bonds is 6. The van der Waals surface area contributed by atoms with Crippen LogP contribution in [0.15, 0.2) is 16.5 Å². The first-order valence-electron chi connectivity index (χ1n) is 6.25. The van der Waals surface area contributed by atoms with Crippen LogP contribution in [0.1, 0.15) is 37.2 Å².